The summed E-state index contributed by atoms with van der Waals surface area (Å²) >= 11 is 0. The Balaban J connectivity index is 1.87. The quantitative estimate of drug-likeness (QED) is 0.841. The van der Waals surface area contributed by atoms with Crippen molar-refractivity contribution < 1.29 is 9.84 Å². The molecule has 3 nitrogen and oxygen atoms in total. The lowest BCUT2D eigenvalue weighted by Gasteiger charge is -2.43. The highest BCUT2D eigenvalue weighted by Gasteiger charge is 2.35. The van der Waals surface area contributed by atoms with Gasteiger partial charge in [0, 0.05) is 20.2 Å². The lowest BCUT2D eigenvalue weighted by Crippen LogP contribution is -2.50. The van der Waals surface area contributed by atoms with E-state index in [-0.39, 0.29) is 11.7 Å². The number of aliphatic hydroxyl groups excluding tert-OH is 1. The average molecular weight is 283 g/mol. The lowest BCUT2D eigenvalue weighted by atomic mass is 9.77. The monoisotopic (exact) mass is 283 g/mol. The van der Waals surface area contributed by atoms with Crippen LogP contribution in [0.3, 0.4) is 0 Å². The van der Waals surface area contributed by atoms with Gasteiger partial charge in [-0.3, -0.25) is 0 Å². The molecule has 0 spiro atoms. The summed E-state index contributed by atoms with van der Waals surface area (Å²) in [5, 5.41) is 10.3. The molecule has 3 heteroatoms. The van der Waals surface area contributed by atoms with Gasteiger partial charge < -0.3 is 14.7 Å². The van der Waals surface area contributed by atoms with Crippen LogP contribution in [0.5, 0.6) is 0 Å². The minimum Gasteiger partial charge on any atom is -0.393 e. The topological polar surface area (TPSA) is 32.7 Å². The van der Waals surface area contributed by atoms with Gasteiger partial charge in [0.2, 0.25) is 0 Å². The van der Waals surface area contributed by atoms with Crippen molar-refractivity contribution in [3.8, 4) is 0 Å². The summed E-state index contributed by atoms with van der Waals surface area (Å²) in [7, 11) is 1.83. The van der Waals surface area contributed by atoms with E-state index in [0.29, 0.717) is 5.92 Å². The van der Waals surface area contributed by atoms with E-state index in [1.165, 1.54) is 38.6 Å². The molecule has 1 saturated carbocycles. The van der Waals surface area contributed by atoms with Crippen LogP contribution in [0.2, 0.25) is 0 Å². The number of aliphatic hydroxyl groups is 1. The van der Waals surface area contributed by atoms with Crippen molar-refractivity contribution >= 4 is 0 Å². The van der Waals surface area contributed by atoms with Crippen LogP contribution < -0.4 is 0 Å². The van der Waals surface area contributed by atoms with Crippen LogP contribution in [0, 0.1) is 11.8 Å². The van der Waals surface area contributed by atoms with Gasteiger partial charge in [0.05, 0.1) is 11.7 Å². The minimum atomic E-state index is -0.0844. The van der Waals surface area contributed by atoms with Crippen molar-refractivity contribution in [1.29, 1.82) is 0 Å². The fourth-order valence-corrected chi connectivity index (χ4v) is 4.17. The molecule has 4 unspecified atom stereocenters. The molecule has 0 aromatic heterocycles. The maximum absolute atomic E-state index is 10.3. The third-order valence-electron chi connectivity index (χ3n) is 5.47. The molecule has 0 aromatic carbocycles. The van der Waals surface area contributed by atoms with Gasteiger partial charge in [-0.1, -0.05) is 19.8 Å². The summed E-state index contributed by atoms with van der Waals surface area (Å²) in [6, 6.07) is 0. The second kappa shape index (κ2) is 7.24. The van der Waals surface area contributed by atoms with E-state index in [1.54, 1.807) is 0 Å². The van der Waals surface area contributed by atoms with Crippen LogP contribution in [0.1, 0.15) is 58.8 Å². The SMILES string of the molecule is CCCC1CCC(O)C(CN2CCCC(C)(OC)C2)C1. The molecule has 0 aromatic rings. The van der Waals surface area contributed by atoms with Crippen molar-refractivity contribution in [2.75, 3.05) is 26.7 Å². The largest absolute Gasteiger partial charge is 0.393 e. The van der Waals surface area contributed by atoms with E-state index >= 15 is 0 Å². The first kappa shape index (κ1) is 16.3. The molecule has 1 N–H and O–H groups in total. The van der Waals surface area contributed by atoms with E-state index in [1.807, 2.05) is 7.11 Å². The Morgan fingerprint density at radius 3 is 2.85 bits per heavy atom. The first-order valence-corrected chi connectivity index (χ1v) is 8.52. The number of likely N-dealkylation sites (tertiary alicyclic amines) is 1. The molecule has 118 valence electrons. The number of piperidine rings is 1. The zero-order valence-electron chi connectivity index (χ0n) is 13.6. The van der Waals surface area contributed by atoms with Gasteiger partial charge in [0.15, 0.2) is 0 Å². The highest BCUT2D eigenvalue weighted by atomic mass is 16.5. The van der Waals surface area contributed by atoms with E-state index in [4.69, 9.17) is 4.74 Å². The van der Waals surface area contributed by atoms with Crippen LogP contribution in [0.15, 0.2) is 0 Å². The summed E-state index contributed by atoms with van der Waals surface area (Å²) in [5.74, 6) is 1.31. The smallest absolute Gasteiger partial charge is 0.0777 e. The Kier molecular flexibility index (Phi) is 5.88. The molecule has 2 aliphatic rings. The Morgan fingerprint density at radius 1 is 1.35 bits per heavy atom. The first-order chi connectivity index (χ1) is 9.56. The van der Waals surface area contributed by atoms with E-state index in [0.717, 1.165) is 31.8 Å². The molecule has 0 bridgehead atoms. The highest BCUT2D eigenvalue weighted by Crippen LogP contribution is 2.34. The van der Waals surface area contributed by atoms with Gasteiger partial charge in [-0.25, -0.2) is 0 Å². The zero-order chi connectivity index (χ0) is 14.6. The minimum absolute atomic E-state index is 0.0146. The molecular formula is C17H33NO2. The zero-order valence-corrected chi connectivity index (χ0v) is 13.6. The molecule has 2 rings (SSSR count). The number of methoxy groups -OCH3 is 1. The molecule has 1 aliphatic carbocycles. The molecule has 4 atom stereocenters. The molecule has 2 fully saturated rings. The predicted molar refractivity (Wildman–Crippen MR) is 82.8 cm³/mol. The third kappa shape index (κ3) is 4.19. The lowest BCUT2D eigenvalue weighted by molar-refractivity contribution is -0.0630. The van der Waals surface area contributed by atoms with Gasteiger partial charge in [-0.05, 0) is 57.4 Å². The van der Waals surface area contributed by atoms with Crippen LogP contribution in [0.4, 0.5) is 0 Å². The predicted octanol–water partition coefficient (Wildman–Crippen LogP) is 3.06. The van der Waals surface area contributed by atoms with Crippen molar-refractivity contribution in [3.05, 3.63) is 0 Å². The summed E-state index contributed by atoms with van der Waals surface area (Å²) in [5.41, 5.74) is 0.0146. The molecule has 1 heterocycles. The molecule has 0 radical (unpaired) electrons. The standard InChI is InChI=1S/C17H33NO2/c1-4-6-14-7-8-16(19)15(11-14)12-18-10-5-9-17(2,13-18)20-3/h14-16,19H,4-13H2,1-3H3. The second-order valence-corrected chi connectivity index (χ2v) is 7.29. The average Bonchev–Trinajstić information content (AvgIpc) is 2.43. The number of ether oxygens (including phenoxy) is 1. The van der Waals surface area contributed by atoms with E-state index < -0.39 is 0 Å². The van der Waals surface area contributed by atoms with Gasteiger partial charge in [0.25, 0.3) is 0 Å². The number of rotatable bonds is 5. The van der Waals surface area contributed by atoms with E-state index in [9.17, 15) is 5.11 Å². The molecule has 1 saturated heterocycles. The maximum atomic E-state index is 10.3. The number of nitrogens with zero attached hydrogens (tertiary/aromatic N) is 1. The second-order valence-electron chi connectivity index (χ2n) is 7.29. The van der Waals surface area contributed by atoms with E-state index in [2.05, 4.69) is 18.7 Å². The van der Waals surface area contributed by atoms with Gasteiger partial charge in [0.1, 0.15) is 0 Å². The number of hydrogen-bond acceptors (Lipinski definition) is 3. The Morgan fingerprint density at radius 2 is 2.15 bits per heavy atom. The van der Waals surface area contributed by atoms with Crippen LogP contribution in [-0.4, -0.2) is 48.5 Å². The van der Waals surface area contributed by atoms with Crippen LogP contribution in [0.25, 0.3) is 0 Å². The normalized spacial score (nSPS) is 39.9. The summed E-state index contributed by atoms with van der Waals surface area (Å²) in [4.78, 5) is 2.52. The Bertz CT molecular complexity index is 297. The molecule has 1 aliphatic heterocycles. The summed E-state index contributed by atoms with van der Waals surface area (Å²) in [6.45, 7) is 7.73. The summed E-state index contributed by atoms with van der Waals surface area (Å²) < 4.78 is 5.68. The number of hydrogen-bond donors (Lipinski definition) is 1. The Hall–Kier alpha value is -0.120. The van der Waals surface area contributed by atoms with Crippen molar-refractivity contribution in [1.82, 2.24) is 4.90 Å². The van der Waals surface area contributed by atoms with Crippen LogP contribution in [-0.2, 0) is 4.74 Å². The van der Waals surface area contributed by atoms with Gasteiger partial charge in [-0.2, -0.15) is 0 Å². The maximum Gasteiger partial charge on any atom is 0.0777 e. The van der Waals surface area contributed by atoms with Crippen molar-refractivity contribution in [2.45, 2.75) is 70.5 Å². The van der Waals surface area contributed by atoms with Crippen molar-refractivity contribution in [2.24, 2.45) is 11.8 Å². The van der Waals surface area contributed by atoms with Gasteiger partial charge in [-0.15, -0.1) is 0 Å². The van der Waals surface area contributed by atoms with Crippen LogP contribution >= 0.6 is 0 Å². The summed E-state index contributed by atoms with van der Waals surface area (Å²) in [6.07, 6.45) is 8.34. The third-order valence-corrected chi connectivity index (χ3v) is 5.47. The molecular weight excluding hydrogens is 250 g/mol. The van der Waals surface area contributed by atoms with Crippen molar-refractivity contribution in [3.63, 3.8) is 0 Å². The fourth-order valence-electron chi connectivity index (χ4n) is 4.17. The molecule has 0 amide bonds. The Labute approximate surface area is 124 Å². The molecule has 20 heavy (non-hydrogen) atoms. The first-order valence-electron chi connectivity index (χ1n) is 8.52. The fraction of sp³-hybridized carbons (Fsp3) is 1.00. The highest BCUT2D eigenvalue weighted by molar-refractivity contribution is 4.88. The van der Waals surface area contributed by atoms with Gasteiger partial charge >= 0.3 is 0 Å².